The molecule has 4 heteroatoms. The van der Waals surface area contributed by atoms with Crippen LogP contribution in [0.5, 0.6) is 0 Å². The maximum atomic E-state index is 6.04. The molecule has 0 spiro atoms. The first-order valence-electron chi connectivity index (χ1n) is 4.90. The Hall–Kier alpha value is 0.430. The Morgan fingerprint density at radius 1 is 1.71 bits per heavy atom. The lowest BCUT2D eigenvalue weighted by Gasteiger charge is -2.14. The lowest BCUT2D eigenvalue weighted by molar-refractivity contribution is 0.504. The normalized spacial score (nSPS) is 18.5. The maximum Gasteiger partial charge on any atom is 0.107 e. The van der Waals surface area contributed by atoms with Crippen molar-refractivity contribution in [1.82, 2.24) is 5.32 Å². The van der Waals surface area contributed by atoms with E-state index in [4.69, 9.17) is 11.6 Å². The second kappa shape index (κ2) is 4.52. The average molecular weight is 295 g/mol. The molecule has 1 atom stereocenters. The number of hydrogen-bond acceptors (Lipinski definition) is 2. The van der Waals surface area contributed by atoms with E-state index in [0.717, 1.165) is 21.3 Å². The summed E-state index contributed by atoms with van der Waals surface area (Å²) in [6, 6.07) is 2.67. The summed E-state index contributed by atoms with van der Waals surface area (Å²) in [5.41, 5.74) is 0. The van der Waals surface area contributed by atoms with Crippen molar-refractivity contribution < 1.29 is 0 Å². The van der Waals surface area contributed by atoms with Gasteiger partial charge in [0, 0.05) is 15.4 Å². The fourth-order valence-corrected chi connectivity index (χ4v) is 3.57. The zero-order chi connectivity index (χ0) is 10.1. The Bertz CT molecular complexity index is 302. The quantitative estimate of drug-likeness (QED) is 0.876. The number of nitrogens with one attached hydrogen (secondary N) is 1. The van der Waals surface area contributed by atoms with Crippen molar-refractivity contribution in [1.29, 1.82) is 0 Å². The van der Waals surface area contributed by atoms with Crippen LogP contribution in [0.1, 0.15) is 30.7 Å². The highest BCUT2D eigenvalue weighted by Gasteiger charge is 2.32. The number of hydrogen-bond donors (Lipinski definition) is 1. The minimum atomic E-state index is 0.522. The van der Waals surface area contributed by atoms with Gasteiger partial charge in [-0.3, -0.25) is 0 Å². The van der Waals surface area contributed by atoms with E-state index in [9.17, 15) is 0 Å². The number of halogens is 2. The molecule has 1 aromatic heterocycles. The third-order valence-electron chi connectivity index (χ3n) is 2.49. The summed E-state index contributed by atoms with van der Waals surface area (Å²) >= 11 is 11.2. The van der Waals surface area contributed by atoms with Crippen molar-refractivity contribution in [2.24, 2.45) is 5.92 Å². The van der Waals surface area contributed by atoms with Crippen molar-refractivity contribution in [2.75, 3.05) is 6.54 Å². The minimum Gasteiger partial charge on any atom is -0.309 e. The smallest absolute Gasteiger partial charge is 0.107 e. The van der Waals surface area contributed by atoms with Gasteiger partial charge in [-0.15, -0.1) is 11.3 Å². The lowest BCUT2D eigenvalue weighted by atomic mass is 10.1. The summed E-state index contributed by atoms with van der Waals surface area (Å²) < 4.78 is 1.89. The second-order valence-electron chi connectivity index (χ2n) is 3.64. The molecule has 1 aliphatic rings. The van der Waals surface area contributed by atoms with Gasteiger partial charge in [-0.05, 0) is 47.3 Å². The summed E-state index contributed by atoms with van der Waals surface area (Å²) in [7, 11) is 0. The predicted molar refractivity (Wildman–Crippen MR) is 66.2 cm³/mol. The van der Waals surface area contributed by atoms with Gasteiger partial charge in [0.05, 0.1) is 0 Å². The first kappa shape index (κ1) is 10.9. The molecular weight excluding hydrogens is 282 g/mol. The summed E-state index contributed by atoms with van der Waals surface area (Å²) in [6.07, 6.45) is 2.70. The van der Waals surface area contributed by atoms with Crippen LogP contribution in [0.4, 0.5) is 0 Å². The molecule has 78 valence electrons. The maximum absolute atomic E-state index is 6.04. The number of thiophene rings is 1. The summed E-state index contributed by atoms with van der Waals surface area (Å²) in [6.45, 7) is 3.17. The molecule has 1 aromatic rings. The van der Waals surface area contributed by atoms with E-state index in [0.29, 0.717) is 6.04 Å². The summed E-state index contributed by atoms with van der Waals surface area (Å²) in [4.78, 5) is 1.37. The third-order valence-corrected chi connectivity index (χ3v) is 5.05. The predicted octanol–water partition coefficient (Wildman–Crippen LogP) is 4.22. The molecule has 0 bridgehead atoms. The Balaban J connectivity index is 2.16. The van der Waals surface area contributed by atoms with Gasteiger partial charge in [0.25, 0.3) is 0 Å². The van der Waals surface area contributed by atoms with E-state index in [-0.39, 0.29) is 0 Å². The highest BCUT2D eigenvalue weighted by Crippen LogP contribution is 2.45. The van der Waals surface area contributed by atoms with E-state index < -0.39 is 0 Å². The molecule has 1 unspecified atom stereocenters. The first-order valence-corrected chi connectivity index (χ1v) is 6.89. The Labute approximate surface area is 102 Å². The van der Waals surface area contributed by atoms with Gasteiger partial charge in [-0.1, -0.05) is 18.5 Å². The molecule has 14 heavy (non-hydrogen) atoms. The van der Waals surface area contributed by atoms with Gasteiger partial charge in [-0.2, -0.15) is 0 Å². The van der Waals surface area contributed by atoms with E-state index in [1.807, 2.05) is 0 Å². The van der Waals surface area contributed by atoms with E-state index in [1.54, 1.807) is 11.3 Å². The summed E-state index contributed by atoms with van der Waals surface area (Å²) in [5, 5.41) is 3.53. The second-order valence-corrected chi connectivity index (χ2v) is 6.18. The van der Waals surface area contributed by atoms with Gasteiger partial charge in [0.2, 0.25) is 0 Å². The molecule has 1 fully saturated rings. The van der Waals surface area contributed by atoms with Gasteiger partial charge < -0.3 is 5.32 Å². The van der Waals surface area contributed by atoms with Crippen LogP contribution < -0.4 is 5.32 Å². The number of rotatable bonds is 4. The van der Waals surface area contributed by atoms with Crippen LogP contribution in [0.3, 0.4) is 0 Å². The van der Waals surface area contributed by atoms with E-state index >= 15 is 0 Å². The van der Waals surface area contributed by atoms with E-state index in [1.165, 1.54) is 17.7 Å². The Kier molecular flexibility index (Phi) is 3.53. The molecular formula is C10H13BrClNS. The summed E-state index contributed by atoms with van der Waals surface area (Å²) in [5.74, 6) is 0.830. The van der Waals surface area contributed by atoms with Gasteiger partial charge >= 0.3 is 0 Å². The lowest BCUT2D eigenvalue weighted by Crippen LogP contribution is -2.21. The standard InChI is InChI=1S/C10H13BrClNS/c1-2-13-9(6-3-4-6)8-5-7(11)10(12)14-8/h5-6,9,13H,2-4H2,1H3. The highest BCUT2D eigenvalue weighted by molar-refractivity contribution is 9.10. The molecule has 1 heterocycles. The van der Waals surface area contributed by atoms with Crippen molar-refractivity contribution in [2.45, 2.75) is 25.8 Å². The highest BCUT2D eigenvalue weighted by atomic mass is 79.9. The van der Waals surface area contributed by atoms with Crippen LogP contribution in [-0.2, 0) is 0 Å². The molecule has 0 radical (unpaired) electrons. The zero-order valence-corrected chi connectivity index (χ0v) is 11.2. The molecule has 0 saturated heterocycles. The fraction of sp³-hybridized carbons (Fsp3) is 0.600. The molecule has 1 saturated carbocycles. The topological polar surface area (TPSA) is 12.0 Å². The van der Waals surface area contributed by atoms with Crippen molar-refractivity contribution in [3.8, 4) is 0 Å². The largest absolute Gasteiger partial charge is 0.309 e. The zero-order valence-electron chi connectivity index (χ0n) is 8.02. The third kappa shape index (κ3) is 2.32. The molecule has 0 aromatic carbocycles. The van der Waals surface area contributed by atoms with E-state index in [2.05, 4.69) is 34.2 Å². The van der Waals surface area contributed by atoms with Crippen LogP contribution in [0.2, 0.25) is 4.34 Å². The Morgan fingerprint density at radius 3 is 2.86 bits per heavy atom. The average Bonchev–Trinajstić information content (AvgIpc) is 2.91. The molecule has 1 nitrogen and oxygen atoms in total. The molecule has 1 aliphatic carbocycles. The van der Waals surface area contributed by atoms with Crippen LogP contribution in [0.25, 0.3) is 0 Å². The molecule has 2 rings (SSSR count). The monoisotopic (exact) mass is 293 g/mol. The SMILES string of the molecule is CCNC(c1cc(Br)c(Cl)s1)C1CC1. The molecule has 0 aliphatic heterocycles. The Morgan fingerprint density at radius 2 is 2.43 bits per heavy atom. The van der Waals surface area contributed by atoms with Crippen molar-refractivity contribution in [3.05, 3.63) is 19.8 Å². The van der Waals surface area contributed by atoms with Gasteiger partial charge in [-0.25, -0.2) is 0 Å². The van der Waals surface area contributed by atoms with Crippen molar-refractivity contribution in [3.63, 3.8) is 0 Å². The molecule has 0 amide bonds. The minimum absolute atomic E-state index is 0.522. The van der Waals surface area contributed by atoms with Crippen LogP contribution >= 0.6 is 38.9 Å². The first-order chi connectivity index (χ1) is 6.72. The fourth-order valence-electron chi connectivity index (χ4n) is 1.67. The van der Waals surface area contributed by atoms with Gasteiger partial charge in [0.1, 0.15) is 4.34 Å². The van der Waals surface area contributed by atoms with Crippen LogP contribution in [0.15, 0.2) is 10.5 Å². The van der Waals surface area contributed by atoms with Crippen LogP contribution in [-0.4, -0.2) is 6.54 Å². The van der Waals surface area contributed by atoms with Gasteiger partial charge in [0.15, 0.2) is 0 Å². The molecule has 1 N–H and O–H groups in total. The van der Waals surface area contributed by atoms with Crippen LogP contribution in [0, 0.1) is 5.92 Å². The van der Waals surface area contributed by atoms with Crippen molar-refractivity contribution >= 4 is 38.9 Å².